The molecule has 20 heavy (non-hydrogen) atoms. The Bertz CT molecular complexity index is 269. The van der Waals surface area contributed by atoms with Crippen LogP contribution in [0.5, 0.6) is 0 Å². The van der Waals surface area contributed by atoms with Crippen molar-refractivity contribution in [2.75, 3.05) is 0 Å². The summed E-state index contributed by atoms with van der Waals surface area (Å²) < 4.78 is 0. The van der Waals surface area contributed by atoms with Crippen molar-refractivity contribution in [3.8, 4) is 0 Å². The van der Waals surface area contributed by atoms with Crippen LogP contribution in [0.3, 0.4) is 0 Å². The first-order valence-corrected chi connectivity index (χ1v) is 8.35. The Balaban J connectivity index is 3.17. The van der Waals surface area contributed by atoms with Crippen LogP contribution in [-0.2, 0) is 4.79 Å². The van der Waals surface area contributed by atoms with Crippen LogP contribution >= 0.6 is 0 Å². The second-order valence-corrected chi connectivity index (χ2v) is 5.45. The fraction of sp³-hybridized carbons (Fsp3) is 0.722. The van der Waals surface area contributed by atoms with Crippen LogP contribution in [0.25, 0.3) is 0 Å². The third-order valence-corrected chi connectivity index (χ3v) is 3.37. The predicted molar refractivity (Wildman–Crippen MR) is 88.6 cm³/mol. The largest absolute Gasteiger partial charge is 0.370 e. The normalized spacial score (nSPS) is 11.7. The van der Waals surface area contributed by atoms with Gasteiger partial charge in [-0.15, -0.1) is 0 Å². The van der Waals surface area contributed by atoms with Gasteiger partial charge in [0, 0.05) is 6.42 Å². The van der Waals surface area contributed by atoms with Gasteiger partial charge in [0.15, 0.2) is 0 Å². The number of hydrogen-bond acceptors (Lipinski definition) is 1. The summed E-state index contributed by atoms with van der Waals surface area (Å²) in [6, 6.07) is 0. The molecular weight excluding hydrogens is 246 g/mol. The van der Waals surface area contributed by atoms with Gasteiger partial charge in [-0.1, -0.05) is 63.3 Å². The second-order valence-electron chi connectivity index (χ2n) is 5.45. The Morgan fingerprint density at radius 2 is 1.35 bits per heavy atom. The molecule has 0 aromatic heterocycles. The highest BCUT2D eigenvalue weighted by Crippen LogP contribution is 2.07. The zero-order valence-electron chi connectivity index (χ0n) is 13.3. The number of carbonyl (C=O) groups excluding carboxylic acids is 1. The summed E-state index contributed by atoms with van der Waals surface area (Å²) in [5, 5.41) is 0. The molecular formula is C18H33NO. The number of rotatable bonds is 14. The lowest BCUT2D eigenvalue weighted by Gasteiger charge is -1.98. The Morgan fingerprint density at radius 1 is 0.800 bits per heavy atom. The van der Waals surface area contributed by atoms with Crippen LogP contribution in [0.15, 0.2) is 24.3 Å². The van der Waals surface area contributed by atoms with Crippen LogP contribution < -0.4 is 5.73 Å². The molecule has 0 rings (SSSR count). The summed E-state index contributed by atoms with van der Waals surface area (Å²) >= 11 is 0. The number of amides is 1. The molecule has 0 aliphatic carbocycles. The predicted octanol–water partition coefficient (Wildman–Crippen LogP) is 5.29. The summed E-state index contributed by atoms with van der Waals surface area (Å²) in [6.45, 7) is 2.24. The Morgan fingerprint density at radius 3 is 1.95 bits per heavy atom. The number of nitrogens with two attached hydrogens (primary N) is 1. The lowest BCUT2D eigenvalue weighted by atomic mass is 10.1. The molecule has 0 saturated heterocycles. The third-order valence-electron chi connectivity index (χ3n) is 3.37. The summed E-state index contributed by atoms with van der Waals surface area (Å²) in [5.74, 6) is -0.171. The van der Waals surface area contributed by atoms with E-state index in [2.05, 4.69) is 31.2 Å². The molecule has 0 aromatic carbocycles. The van der Waals surface area contributed by atoms with Gasteiger partial charge >= 0.3 is 0 Å². The lowest BCUT2D eigenvalue weighted by molar-refractivity contribution is -0.118. The minimum Gasteiger partial charge on any atom is -0.370 e. The first kappa shape index (κ1) is 18.9. The van der Waals surface area contributed by atoms with E-state index in [-0.39, 0.29) is 5.91 Å². The quantitative estimate of drug-likeness (QED) is 0.341. The van der Waals surface area contributed by atoms with Crippen LogP contribution in [0.2, 0.25) is 0 Å². The molecule has 0 heterocycles. The van der Waals surface area contributed by atoms with Gasteiger partial charge < -0.3 is 5.73 Å². The highest BCUT2D eigenvalue weighted by Gasteiger charge is 1.94. The fourth-order valence-corrected chi connectivity index (χ4v) is 2.11. The van der Waals surface area contributed by atoms with Crippen LogP contribution in [0.4, 0.5) is 0 Å². The monoisotopic (exact) mass is 279 g/mol. The number of primary amides is 1. The van der Waals surface area contributed by atoms with E-state index in [1.807, 2.05) is 0 Å². The molecule has 0 unspecified atom stereocenters. The molecule has 0 fully saturated rings. The van der Waals surface area contributed by atoms with Gasteiger partial charge in [0.05, 0.1) is 0 Å². The molecule has 0 aromatic rings. The maximum absolute atomic E-state index is 10.5. The topological polar surface area (TPSA) is 43.1 Å². The number of hydrogen-bond donors (Lipinski definition) is 1. The van der Waals surface area contributed by atoms with Gasteiger partial charge in [0.1, 0.15) is 0 Å². The molecule has 1 amide bonds. The van der Waals surface area contributed by atoms with Crippen LogP contribution in [-0.4, -0.2) is 5.91 Å². The zero-order chi connectivity index (χ0) is 14.9. The smallest absolute Gasteiger partial charge is 0.217 e. The average molecular weight is 279 g/mol. The molecule has 0 atom stereocenters. The average Bonchev–Trinajstić information content (AvgIpc) is 2.43. The number of carbonyl (C=O) groups is 1. The van der Waals surface area contributed by atoms with Gasteiger partial charge in [-0.25, -0.2) is 0 Å². The molecule has 116 valence electrons. The van der Waals surface area contributed by atoms with Crippen molar-refractivity contribution < 1.29 is 4.79 Å². The maximum Gasteiger partial charge on any atom is 0.217 e. The van der Waals surface area contributed by atoms with Crippen molar-refractivity contribution in [3.63, 3.8) is 0 Å². The molecule has 0 spiro atoms. The highest BCUT2D eigenvalue weighted by molar-refractivity contribution is 5.73. The lowest BCUT2D eigenvalue weighted by Crippen LogP contribution is -2.09. The molecule has 0 saturated carbocycles. The summed E-state index contributed by atoms with van der Waals surface area (Å²) in [5.41, 5.74) is 5.09. The van der Waals surface area contributed by atoms with E-state index >= 15 is 0 Å². The van der Waals surface area contributed by atoms with Crippen LogP contribution in [0, 0.1) is 0 Å². The SMILES string of the molecule is CCCCCC=CC/C=C\CCCCCCCC(N)=O. The standard InChI is InChI=1S/C18H33NO/c1-2-3-4-5-6-7-8-9-10-11-12-13-14-15-16-17-18(19)20/h6-7,9-10H,2-5,8,11-17H2,1H3,(H2,19,20)/b7-6?,10-9-. The Labute approximate surface area is 125 Å². The first-order valence-electron chi connectivity index (χ1n) is 8.35. The van der Waals surface area contributed by atoms with E-state index in [0.29, 0.717) is 6.42 Å². The highest BCUT2D eigenvalue weighted by atomic mass is 16.1. The zero-order valence-corrected chi connectivity index (χ0v) is 13.3. The van der Waals surface area contributed by atoms with Crippen LogP contribution in [0.1, 0.15) is 84.0 Å². The molecule has 2 nitrogen and oxygen atoms in total. The number of allylic oxidation sites excluding steroid dienone is 4. The van der Waals surface area contributed by atoms with Crippen molar-refractivity contribution in [1.29, 1.82) is 0 Å². The third kappa shape index (κ3) is 16.9. The Hall–Kier alpha value is -1.05. The fourth-order valence-electron chi connectivity index (χ4n) is 2.11. The van der Waals surface area contributed by atoms with E-state index in [4.69, 9.17) is 5.73 Å². The van der Waals surface area contributed by atoms with E-state index in [0.717, 1.165) is 19.3 Å². The molecule has 2 N–H and O–H groups in total. The molecule has 2 heteroatoms. The van der Waals surface area contributed by atoms with E-state index in [1.54, 1.807) is 0 Å². The van der Waals surface area contributed by atoms with Crippen molar-refractivity contribution in [2.24, 2.45) is 5.73 Å². The van der Waals surface area contributed by atoms with Gasteiger partial charge in [-0.3, -0.25) is 4.79 Å². The second kappa shape index (κ2) is 16.0. The molecule has 0 radical (unpaired) electrons. The van der Waals surface area contributed by atoms with Gasteiger partial charge in [0.25, 0.3) is 0 Å². The summed E-state index contributed by atoms with van der Waals surface area (Å²) in [7, 11) is 0. The summed E-state index contributed by atoms with van der Waals surface area (Å²) in [6.07, 6.45) is 23.0. The van der Waals surface area contributed by atoms with E-state index in [9.17, 15) is 4.79 Å². The number of unbranched alkanes of at least 4 members (excludes halogenated alkanes) is 8. The molecule has 0 aliphatic rings. The van der Waals surface area contributed by atoms with Crippen molar-refractivity contribution in [2.45, 2.75) is 84.0 Å². The minimum atomic E-state index is -0.171. The summed E-state index contributed by atoms with van der Waals surface area (Å²) in [4.78, 5) is 10.5. The van der Waals surface area contributed by atoms with Crippen molar-refractivity contribution >= 4 is 5.91 Å². The van der Waals surface area contributed by atoms with Gasteiger partial charge in [0.2, 0.25) is 5.91 Å². The maximum atomic E-state index is 10.5. The van der Waals surface area contributed by atoms with Crippen molar-refractivity contribution in [3.05, 3.63) is 24.3 Å². The van der Waals surface area contributed by atoms with Gasteiger partial charge in [-0.2, -0.15) is 0 Å². The molecule has 0 bridgehead atoms. The Kier molecular flexibility index (Phi) is 15.2. The van der Waals surface area contributed by atoms with E-state index < -0.39 is 0 Å². The first-order chi connectivity index (χ1) is 9.77. The molecule has 0 aliphatic heterocycles. The van der Waals surface area contributed by atoms with Crippen molar-refractivity contribution in [1.82, 2.24) is 0 Å². The van der Waals surface area contributed by atoms with Gasteiger partial charge in [-0.05, 0) is 38.5 Å². The van der Waals surface area contributed by atoms with E-state index in [1.165, 1.54) is 51.4 Å². The minimum absolute atomic E-state index is 0.171.